The minimum atomic E-state index is -0.586. The highest BCUT2D eigenvalue weighted by atomic mass is 16.3. The number of nitrogens with zero attached hydrogens (tertiary/aromatic N) is 5. The van der Waals surface area contributed by atoms with Crippen molar-refractivity contribution in [2.45, 2.75) is 19.4 Å². The van der Waals surface area contributed by atoms with Crippen molar-refractivity contribution in [2.24, 2.45) is 14.1 Å². The van der Waals surface area contributed by atoms with Gasteiger partial charge in [-0.2, -0.15) is 10.2 Å². The molecule has 1 unspecified atom stereocenters. The minimum absolute atomic E-state index is 0.447. The Bertz CT molecular complexity index is 487. The lowest BCUT2D eigenvalue weighted by Gasteiger charge is -2.08. The lowest BCUT2D eigenvalue weighted by atomic mass is 10.1. The quantitative estimate of drug-likeness (QED) is 0.800. The Morgan fingerprint density at radius 2 is 2.19 bits per heavy atom. The van der Waals surface area contributed by atoms with Crippen LogP contribution in [0.3, 0.4) is 0 Å². The second kappa shape index (κ2) is 4.05. The number of hydrogen-bond acceptors (Lipinski definition) is 4. The Balaban J connectivity index is 2.17. The number of aromatic nitrogens is 5. The van der Waals surface area contributed by atoms with Crippen LogP contribution in [-0.2, 0) is 20.5 Å². The summed E-state index contributed by atoms with van der Waals surface area (Å²) in [6.45, 7) is 1.88. The Morgan fingerprint density at radius 1 is 1.44 bits per heavy atom. The SMILES string of the molecule is Cc1nn(C)cc1C(O)Cc1ncnn1C. The van der Waals surface area contributed by atoms with Gasteiger partial charge in [-0.3, -0.25) is 9.36 Å². The van der Waals surface area contributed by atoms with Crippen molar-refractivity contribution >= 4 is 0 Å². The van der Waals surface area contributed by atoms with Crippen LogP contribution in [-0.4, -0.2) is 29.7 Å². The van der Waals surface area contributed by atoms with E-state index in [0.29, 0.717) is 6.42 Å². The molecular formula is C10H15N5O. The maximum Gasteiger partial charge on any atom is 0.138 e. The second-order valence-electron chi connectivity index (χ2n) is 3.86. The first kappa shape index (κ1) is 10.8. The first-order valence-corrected chi connectivity index (χ1v) is 5.09. The fraction of sp³-hybridized carbons (Fsp3) is 0.500. The van der Waals surface area contributed by atoms with Gasteiger partial charge in [0.15, 0.2) is 0 Å². The van der Waals surface area contributed by atoms with Gasteiger partial charge in [0.05, 0.1) is 11.8 Å². The first-order chi connectivity index (χ1) is 7.58. The van der Waals surface area contributed by atoms with Crippen LogP contribution in [0.1, 0.15) is 23.2 Å². The second-order valence-corrected chi connectivity index (χ2v) is 3.86. The highest BCUT2D eigenvalue weighted by molar-refractivity contribution is 5.19. The summed E-state index contributed by atoms with van der Waals surface area (Å²) in [5, 5.41) is 18.2. The molecule has 86 valence electrons. The van der Waals surface area contributed by atoms with Gasteiger partial charge >= 0.3 is 0 Å². The van der Waals surface area contributed by atoms with Gasteiger partial charge in [0.25, 0.3) is 0 Å². The number of aryl methyl sites for hydroxylation is 3. The van der Waals surface area contributed by atoms with Gasteiger partial charge in [0.2, 0.25) is 0 Å². The predicted molar refractivity (Wildman–Crippen MR) is 57.6 cm³/mol. The highest BCUT2D eigenvalue weighted by Crippen LogP contribution is 2.19. The molecule has 6 nitrogen and oxygen atoms in total. The molecule has 0 aromatic carbocycles. The van der Waals surface area contributed by atoms with E-state index in [0.717, 1.165) is 17.1 Å². The molecule has 0 fully saturated rings. The maximum atomic E-state index is 10.1. The van der Waals surface area contributed by atoms with E-state index in [1.54, 1.807) is 9.36 Å². The van der Waals surface area contributed by atoms with Crippen molar-refractivity contribution in [1.82, 2.24) is 24.5 Å². The monoisotopic (exact) mass is 221 g/mol. The molecule has 0 amide bonds. The maximum absolute atomic E-state index is 10.1. The van der Waals surface area contributed by atoms with Crippen molar-refractivity contribution in [3.8, 4) is 0 Å². The van der Waals surface area contributed by atoms with Crippen LogP contribution in [0.15, 0.2) is 12.5 Å². The molecular weight excluding hydrogens is 206 g/mol. The third-order valence-electron chi connectivity index (χ3n) is 2.59. The Morgan fingerprint density at radius 3 is 2.69 bits per heavy atom. The Hall–Kier alpha value is -1.69. The average Bonchev–Trinajstić information content (AvgIpc) is 2.74. The molecule has 2 rings (SSSR count). The van der Waals surface area contributed by atoms with Gasteiger partial charge in [-0.1, -0.05) is 0 Å². The standard InChI is InChI=1S/C10H15N5O/c1-7-8(5-14(2)13-7)9(16)4-10-11-6-12-15(10)3/h5-6,9,16H,4H2,1-3H3. The summed E-state index contributed by atoms with van der Waals surface area (Å²) < 4.78 is 3.36. The molecule has 0 saturated carbocycles. The van der Waals surface area contributed by atoms with Crippen LogP contribution in [0.25, 0.3) is 0 Å². The van der Waals surface area contributed by atoms with E-state index in [1.165, 1.54) is 6.33 Å². The van der Waals surface area contributed by atoms with E-state index in [9.17, 15) is 5.11 Å². The zero-order valence-corrected chi connectivity index (χ0v) is 9.62. The number of aliphatic hydroxyl groups is 1. The molecule has 0 aliphatic heterocycles. The predicted octanol–water partition coefficient (Wildman–Crippen LogP) is 0.133. The third kappa shape index (κ3) is 1.96. The molecule has 0 saturated heterocycles. The molecule has 0 spiro atoms. The fourth-order valence-corrected chi connectivity index (χ4v) is 1.73. The van der Waals surface area contributed by atoms with Crippen molar-refractivity contribution in [3.05, 3.63) is 29.6 Å². The van der Waals surface area contributed by atoms with Gasteiger partial charge in [-0.15, -0.1) is 0 Å². The normalized spacial score (nSPS) is 13.0. The molecule has 6 heteroatoms. The Kier molecular flexibility index (Phi) is 2.74. The molecule has 1 N–H and O–H groups in total. The van der Waals surface area contributed by atoms with Crippen molar-refractivity contribution < 1.29 is 5.11 Å². The molecule has 1 atom stereocenters. The van der Waals surface area contributed by atoms with E-state index < -0.39 is 6.10 Å². The number of rotatable bonds is 3. The first-order valence-electron chi connectivity index (χ1n) is 5.09. The molecule has 0 bridgehead atoms. The Labute approximate surface area is 93.5 Å². The van der Waals surface area contributed by atoms with Crippen LogP contribution in [0.2, 0.25) is 0 Å². The molecule has 2 heterocycles. The summed E-state index contributed by atoms with van der Waals surface area (Å²) in [5.74, 6) is 0.760. The van der Waals surface area contributed by atoms with Crippen LogP contribution in [0.4, 0.5) is 0 Å². The van der Waals surface area contributed by atoms with E-state index in [1.807, 2.05) is 27.2 Å². The summed E-state index contributed by atoms with van der Waals surface area (Å²) in [5.41, 5.74) is 1.68. The van der Waals surface area contributed by atoms with Crippen molar-refractivity contribution in [1.29, 1.82) is 0 Å². The van der Waals surface area contributed by atoms with Gasteiger partial charge < -0.3 is 5.11 Å². The van der Waals surface area contributed by atoms with Gasteiger partial charge in [0.1, 0.15) is 12.2 Å². The highest BCUT2D eigenvalue weighted by Gasteiger charge is 2.16. The minimum Gasteiger partial charge on any atom is -0.388 e. The van der Waals surface area contributed by atoms with Crippen molar-refractivity contribution in [3.63, 3.8) is 0 Å². The van der Waals surface area contributed by atoms with Gasteiger partial charge in [-0.05, 0) is 6.92 Å². The number of aliphatic hydroxyl groups excluding tert-OH is 1. The average molecular weight is 221 g/mol. The fourth-order valence-electron chi connectivity index (χ4n) is 1.73. The lowest BCUT2D eigenvalue weighted by molar-refractivity contribution is 0.173. The summed E-state index contributed by atoms with van der Waals surface area (Å²) in [7, 11) is 3.65. The van der Waals surface area contributed by atoms with Crippen LogP contribution >= 0.6 is 0 Å². The zero-order valence-electron chi connectivity index (χ0n) is 9.62. The summed E-state index contributed by atoms with van der Waals surface area (Å²) in [6.07, 6.45) is 3.17. The number of hydrogen-bond donors (Lipinski definition) is 1. The lowest BCUT2D eigenvalue weighted by Crippen LogP contribution is -2.08. The molecule has 2 aromatic rings. The van der Waals surface area contributed by atoms with E-state index in [4.69, 9.17) is 0 Å². The molecule has 2 aromatic heterocycles. The summed E-state index contributed by atoms with van der Waals surface area (Å²) in [6, 6.07) is 0. The topological polar surface area (TPSA) is 68.8 Å². The van der Waals surface area contributed by atoms with E-state index in [2.05, 4.69) is 15.2 Å². The van der Waals surface area contributed by atoms with E-state index in [-0.39, 0.29) is 0 Å². The van der Waals surface area contributed by atoms with Crippen molar-refractivity contribution in [2.75, 3.05) is 0 Å². The largest absolute Gasteiger partial charge is 0.388 e. The van der Waals surface area contributed by atoms with Crippen LogP contribution in [0, 0.1) is 6.92 Å². The third-order valence-corrected chi connectivity index (χ3v) is 2.59. The smallest absolute Gasteiger partial charge is 0.138 e. The zero-order chi connectivity index (χ0) is 11.7. The summed E-state index contributed by atoms with van der Waals surface area (Å²) >= 11 is 0. The van der Waals surface area contributed by atoms with Crippen LogP contribution in [0.5, 0.6) is 0 Å². The van der Waals surface area contributed by atoms with Gasteiger partial charge in [-0.25, -0.2) is 4.98 Å². The molecule has 0 aliphatic rings. The van der Waals surface area contributed by atoms with Crippen LogP contribution < -0.4 is 0 Å². The molecule has 16 heavy (non-hydrogen) atoms. The van der Waals surface area contributed by atoms with E-state index >= 15 is 0 Å². The van der Waals surface area contributed by atoms with Gasteiger partial charge in [0, 0.05) is 32.3 Å². The summed E-state index contributed by atoms with van der Waals surface area (Å²) in [4.78, 5) is 4.08. The molecule has 0 radical (unpaired) electrons. The molecule has 0 aliphatic carbocycles.